The third-order valence-corrected chi connectivity index (χ3v) is 3.30. The number of aryl methyl sites for hydroxylation is 1. The van der Waals surface area contributed by atoms with Crippen LogP contribution in [0.1, 0.15) is 32.2 Å². The smallest absolute Gasteiger partial charge is 0.0727 e. The Bertz CT molecular complexity index is 372. The molecule has 1 aliphatic heterocycles. The highest BCUT2D eigenvalue weighted by molar-refractivity contribution is 5.02. The second-order valence-electron chi connectivity index (χ2n) is 5.67. The van der Waals surface area contributed by atoms with Gasteiger partial charge in [-0.15, -0.1) is 0 Å². The van der Waals surface area contributed by atoms with Crippen LogP contribution in [0.25, 0.3) is 0 Å². The summed E-state index contributed by atoms with van der Waals surface area (Å²) in [5, 5.41) is 3.56. The number of nitrogens with one attached hydrogen (secondary N) is 1. The van der Waals surface area contributed by atoms with Crippen LogP contribution in [0.2, 0.25) is 0 Å². The number of hydrogen-bond donors (Lipinski definition) is 1. The average Bonchev–Trinajstić information content (AvgIpc) is 2.26. The van der Waals surface area contributed by atoms with Gasteiger partial charge in [-0.1, -0.05) is 0 Å². The first-order chi connectivity index (χ1) is 7.96. The summed E-state index contributed by atoms with van der Waals surface area (Å²) in [7, 11) is 0. The Hall–Kier alpha value is -1.00. The molecule has 1 aliphatic rings. The molecule has 0 bridgehead atoms. The Kier molecular flexibility index (Phi) is 3.45. The van der Waals surface area contributed by atoms with Gasteiger partial charge < -0.3 is 5.32 Å². The number of piperazine rings is 1. The molecular weight excluding hydrogens is 212 g/mol. The van der Waals surface area contributed by atoms with Crippen molar-refractivity contribution in [1.29, 1.82) is 0 Å². The highest BCUT2D eigenvalue weighted by Gasteiger charge is 2.30. The van der Waals surface area contributed by atoms with Crippen molar-refractivity contribution in [3.8, 4) is 0 Å². The standard InChI is InChI=1S/C13H22N4/c1-10-5-15-12(7-14-10)8-17-9-13(3,4)16-6-11(17)2/h5,7,11,16H,6,8-9H2,1-4H3. The number of nitrogens with zero attached hydrogens (tertiary/aromatic N) is 3. The Morgan fingerprint density at radius 1 is 1.41 bits per heavy atom. The third kappa shape index (κ3) is 3.23. The summed E-state index contributed by atoms with van der Waals surface area (Å²) in [4.78, 5) is 11.2. The Balaban J connectivity index is 2.04. The fourth-order valence-corrected chi connectivity index (χ4v) is 2.19. The van der Waals surface area contributed by atoms with Crippen LogP contribution in [0.15, 0.2) is 12.4 Å². The van der Waals surface area contributed by atoms with Crippen LogP contribution in [0.3, 0.4) is 0 Å². The molecule has 1 saturated heterocycles. The van der Waals surface area contributed by atoms with E-state index in [2.05, 4.69) is 41.0 Å². The molecule has 4 nitrogen and oxygen atoms in total. The van der Waals surface area contributed by atoms with Gasteiger partial charge in [0.2, 0.25) is 0 Å². The molecular formula is C13H22N4. The number of rotatable bonds is 2. The molecule has 0 aliphatic carbocycles. The lowest BCUT2D eigenvalue weighted by Gasteiger charge is -2.43. The van der Waals surface area contributed by atoms with Crippen LogP contribution in [0.4, 0.5) is 0 Å². The summed E-state index contributed by atoms with van der Waals surface area (Å²) >= 11 is 0. The monoisotopic (exact) mass is 234 g/mol. The molecule has 2 rings (SSSR count). The molecule has 0 spiro atoms. The lowest BCUT2D eigenvalue weighted by molar-refractivity contribution is 0.0964. The zero-order valence-electron chi connectivity index (χ0n) is 11.2. The molecule has 1 fully saturated rings. The topological polar surface area (TPSA) is 41.1 Å². The highest BCUT2D eigenvalue weighted by Crippen LogP contribution is 2.16. The molecule has 0 aromatic carbocycles. The second-order valence-corrected chi connectivity index (χ2v) is 5.67. The fourth-order valence-electron chi connectivity index (χ4n) is 2.19. The predicted molar refractivity (Wildman–Crippen MR) is 68.7 cm³/mol. The molecule has 0 saturated carbocycles. The SMILES string of the molecule is Cc1cnc(CN2CC(C)(C)NCC2C)cn1. The maximum Gasteiger partial charge on any atom is 0.0727 e. The summed E-state index contributed by atoms with van der Waals surface area (Å²) in [6, 6.07) is 0.547. The van der Waals surface area contributed by atoms with Crippen molar-refractivity contribution in [1.82, 2.24) is 20.2 Å². The molecule has 1 aromatic heterocycles. The number of aromatic nitrogens is 2. The van der Waals surface area contributed by atoms with Crippen molar-refractivity contribution in [3.05, 3.63) is 23.8 Å². The Labute approximate surface area is 103 Å². The van der Waals surface area contributed by atoms with E-state index in [1.807, 2.05) is 19.3 Å². The van der Waals surface area contributed by atoms with Crippen molar-refractivity contribution < 1.29 is 0 Å². The van der Waals surface area contributed by atoms with Crippen molar-refractivity contribution in [2.24, 2.45) is 0 Å². The molecule has 0 amide bonds. The first-order valence-corrected chi connectivity index (χ1v) is 6.23. The summed E-state index contributed by atoms with van der Waals surface area (Å²) in [5.74, 6) is 0. The van der Waals surface area contributed by atoms with E-state index in [9.17, 15) is 0 Å². The van der Waals surface area contributed by atoms with Crippen molar-refractivity contribution >= 4 is 0 Å². The maximum atomic E-state index is 4.43. The van der Waals surface area contributed by atoms with Gasteiger partial charge in [-0.2, -0.15) is 0 Å². The highest BCUT2D eigenvalue weighted by atomic mass is 15.2. The Morgan fingerprint density at radius 2 is 2.18 bits per heavy atom. The lowest BCUT2D eigenvalue weighted by Crippen LogP contribution is -2.60. The van der Waals surface area contributed by atoms with Crippen LogP contribution >= 0.6 is 0 Å². The van der Waals surface area contributed by atoms with E-state index < -0.39 is 0 Å². The zero-order chi connectivity index (χ0) is 12.5. The van der Waals surface area contributed by atoms with Crippen LogP contribution in [0.5, 0.6) is 0 Å². The molecule has 17 heavy (non-hydrogen) atoms. The van der Waals surface area contributed by atoms with Gasteiger partial charge in [0, 0.05) is 43.6 Å². The molecule has 0 radical (unpaired) electrons. The van der Waals surface area contributed by atoms with E-state index in [-0.39, 0.29) is 5.54 Å². The molecule has 1 unspecified atom stereocenters. The molecule has 1 aromatic rings. The van der Waals surface area contributed by atoms with Crippen LogP contribution in [0, 0.1) is 6.92 Å². The van der Waals surface area contributed by atoms with Crippen LogP contribution in [-0.2, 0) is 6.54 Å². The second kappa shape index (κ2) is 4.70. The van der Waals surface area contributed by atoms with Gasteiger partial charge in [0.25, 0.3) is 0 Å². The molecule has 94 valence electrons. The van der Waals surface area contributed by atoms with Gasteiger partial charge in [-0.25, -0.2) is 0 Å². The fraction of sp³-hybridized carbons (Fsp3) is 0.692. The minimum atomic E-state index is 0.185. The van der Waals surface area contributed by atoms with Crippen molar-refractivity contribution in [2.45, 2.75) is 45.8 Å². The first kappa shape index (κ1) is 12.5. The van der Waals surface area contributed by atoms with Crippen LogP contribution < -0.4 is 5.32 Å². The average molecular weight is 234 g/mol. The minimum Gasteiger partial charge on any atom is -0.309 e. The third-order valence-electron chi connectivity index (χ3n) is 3.30. The van der Waals surface area contributed by atoms with Gasteiger partial charge in [0.05, 0.1) is 11.4 Å². The summed E-state index contributed by atoms with van der Waals surface area (Å²) < 4.78 is 0. The normalized spacial score (nSPS) is 24.8. The summed E-state index contributed by atoms with van der Waals surface area (Å²) in [6.45, 7) is 11.7. The quantitative estimate of drug-likeness (QED) is 0.839. The first-order valence-electron chi connectivity index (χ1n) is 6.23. The molecule has 2 heterocycles. The van der Waals surface area contributed by atoms with Gasteiger partial charge in [0.15, 0.2) is 0 Å². The van der Waals surface area contributed by atoms with Gasteiger partial charge in [-0.3, -0.25) is 14.9 Å². The zero-order valence-corrected chi connectivity index (χ0v) is 11.2. The van der Waals surface area contributed by atoms with E-state index in [0.29, 0.717) is 6.04 Å². The van der Waals surface area contributed by atoms with E-state index >= 15 is 0 Å². The minimum absolute atomic E-state index is 0.185. The van der Waals surface area contributed by atoms with Crippen LogP contribution in [-0.4, -0.2) is 39.5 Å². The molecule has 4 heteroatoms. The van der Waals surface area contributed by atoms with E-state index in [1.54, 1.807) is 0 Å². The lowest BCUT2D eigenvalue weighted by atomic mass is 9.99. The van der Waals surface area contributed by atoms with Gasteiger partial charge in [-0.05, 0) is 27.7 Å². The maximum absolute atomic E-state index is 4.43. The Morgan fingerprint density at radius 3 is 2.82 bits per heavy atom. The molecule has 1 N–H and O–H groups in total. The predicted octanol–water partition coefficient (Wildman–Crippen LogP) is 1.36. The van der Waals surface area contributed by atoms with Crippen molar-refractivity contribution in [3.63, 3.8) is 0 Å². The van der Waals surface area contributed by atoms with E-state index in [4.69, 9.17) is 0 Å². The number of hydrogen-bond acceptors (Lipinski definition) is 4. The molecule has 1 atom stereocenters. The largest absolute Gasteiger partial charge is 0.309 e. The van der Waals surface area contributed by atoms with Gasteiger partial charge >= 0.3 is 0 Å². The summed E-state index contributed by atoms with van der Waals surface area (Å²) in [5.41, 5.74) is 2.22. The van der Waals surface area contributed by atoms with E-state index in [0.717, 1.165) is 31.0 Å². The summed E-state index contributed by atoms with van der Waals surface area (Å²) in [6.07, 6.45) is 3.73. The van der Waals surface area contributed by atoms with Crippen molar-refractivity contribution in [2.75, 3.05) is 13.1 Å². The van der Waals surface area contributed by atoms with Gasteiger partial charge in [0.1, 0.15) is 0 Å². The van der Waals surface area contributed by atoms with E-state index in [1.165, 1.54) is 0 Å².